The Bertz CT molecular complexity index is 691. The van der Waals surface area contributed by atoms with E-state index in [4.69, 9.17) is 14.3 Å². The molecule has 0 radical (unpaired) electrons. The number of piperidine rings is 1. The molecule has 0 amide bonds. The van der Waals surface area contributed by atoms with Crippen molar-refractivity contribution < 1.29 is 23.9 Å². The smallest absolute Gasteiger partial charge is 0.497 e. The molecule has 1 saturated heterocycles. The van der Waals surface area contributed by atoms with Gasteiger partial charge >= 0.3 is 6.16 Å². The van der Waals surface area contributed by atoms with Crippen LogP contribution in [0.1, 0.15) is 24.5 Å². The fraction of sp³-hybridized carbons (Fsp3) is 0.400. The van der Waals surface area contributed by atoms with E-state index in [0.717, 1.165) is 39.8 Å². The number of hydrogen-bond donors (Lipinski definition) is 1. The van der Waals surface area contributed by atoms with Gasteiger partial charge in [-0.15, -0.1) is 5.06 Å². The molecule has 2 heterocycles. The summed E-state index contributed by atoms with van der Waals surface area (Å²) >= 11 is 3.50. The molecule has 0 bridgehead atoms. The number of carboxylic acid groups (broad SMARTS) is 1. The largest absolute Gasteiger partial charge is 0.525 e. The first-order chi connectivity index (χ1) is 10.6. The van der Waals surface area contributed by atoms with Crippen molar-refractivity contribution >= 4 is 33.1 Å². The first-order valence-electron chi connectivity index (χ1n) is 6.99. The number of benzene rings is 1. The molecule has 0 spiro atoms. The number of fused-ring (bicyclic) bond motifs is 1. The summed E-state index contributed by atoms with van der Waals surface area (Å²) in [6.45, 7) is 1.14. The van der Waals surface area contributed by atoms with Crippen LogP contribution in [0.3, 0.4) is 0 Å². The predicted octanol–water partition coefficient (Wildman–Crippen LogP) is 3.99. The molecule has 1 fully saturated rings. The molecule has 2 aromatic rings. The van der Waals surface area contributed by atoms with E-state index in [1.807, 2.05) is 18.2 Å². The quantitative estimate of drug-likeness (QED) is 0.881. The molecular formula is C15H16BrNO5. The zero-order valence-corrected chi connectivity index (χ0v) is 13.6. The number of carbonyl (C=O) groups is 1. The van der Waals surface area contributed by atoms with Crippen LogP contribution in [-0.2, 0) is 4.84 Å². The molecule has 1 N–H and O–H groups in total. The van der Waals surface area contributed by atoms with Gasteiger partial charge in [-0.25, -0.2) is 4.79 Å². The van der Waals surface area contributed by atoms with Gasteiger partial charge in [-0.05, 0) is 47.0 Å². The molecule has 118 valence electrons. The molecule has 0 saturated carbocycles. The third-order valence-electron chi connectivity index (χ3n) is 3.86. The lowest BCUT2D eigenvalue weighted by molar-refractivity contribution is -0.132. The van der Waals surface area contributed by atoms with E-state index in [1.165, 1.54) is 5.06 Å². The van der Waals surface area contributed by atoms with Crippen molar-refractivity contribution in [3.63, 3.8) is 0 Å². The van der Waals surface area contributed by atoms with Gasteiger partial charge in [0.05, 0.1) is 11.6 Å². The van der Waals surface area contributed by atoms with Crippen LogP contribution in [0.4, 0.5) is 4.79 Å². The second-order valence-electron chi connectivity index (χ2n) is 5.24. The maximum atomic E-state index is 10.5. The van der Waals surface area contributed by atoms with Crippen LogP contribution in [0.15, 0.2) is 27.1 Å². The maximum Gasteiger partial charge on any atom is 0.525 e. The molecule has 6 nitrogen and oxygen atoms in total. The molecule has 0 unspecified atom stereocenters. The van der Waals surface area contributed by atoms with Crippen molar-refractivity contribution in [2.75, 3.05) is 20.2 Å². The van der Waals surface area contributed by atoms with Gasteiger partial charge in [0.25, 0.3) is 0 Å². The summed E-state index contributed by atoms with van der Waals surface area (Å²) in [7, 11) is 1.63. The lowest BCUT2D eigenvalue weighted by atomic mass is 9.95. The predicted molar refractivity (Wildman–Crippen MR) is 83.1 cm³/mol. The van der Waals surface area contributed by atoms with Crippen molar-refractivity contribution in [1.29, 1.82) is 0 Å². The second kappa shape index (κ2) is 6.18. The summed E-state index contributed by atoms with van der Waals surface area (Å²) in [6, 6.07) is 5.84. The molecule has 7 heteroatoms. The average molecular weight is 370 g/mol. The minimum atomic E-state index is -1.27. The Balaban J connectivity index is 1.77. The van der Waals surface area contributed by atoms with E-state index < -0.39 is 6.16 Å². The Labute approximate surface area is 135 Å². The van der Waals surface area contributed by atoms with Gasteiger partial charge in [-0.2, -0.15) is 0 Å². The molecular weight excluding hydrogens is 354 g/mol. The number of furan rings is 1. The average Bonchev–Trinajstić information content (AvgIpc) is 2.92. The molecule has 22 heavy (non-hydrogen) atoms. The van der Waals surface area contributed by atoms with Crippen LogP contribution < -0.4 is 4.74 Å². The lowest BCUT2D eigenvalue weighted by Gasteiger charge is -2.28. The van der Waals surface area contributed by atoms with E-state index in [2.05, 4.69) is 20.8 Å². The molecule has 1 aliphatic rings. The van der Waals surface area contributed by atoms with Crippen molar-refractivity contribution in [3.8, 4) is 5.75 Å². The molecule has 0 aliphatic carbocycles. The van der Waals surface area contributed by atoms with Gasteiger partial charge < -0.3 is 19.1 Å². The van der Waals surface area contributed by atoms with Crippen molar-refractivity contribution in [3.05, 3.63) is 28.4 Å². The minimum absolute atomic E-state index is 0.263. The van der Waals surface area contributed by atoms with Crippen molar-refractivity contribution in [2.24, 2.45) is 0 Å². The Morgan fingerprint density at radius 3 is 2.73 bits per heavy atom. The van der Waals surface area contributed by atoms with Crippen LogP contribution >= 0.6 is 15.9 Å². The number of nitrogens with zero attached hydrogens (tertiary/aromatic N) is 1. The Morgan fingerprint density at radius 1 is 1.36 bits per heavy atom. The summed E-state index contributed by atoms with van der Waals surface area (Å²) in [5, 5.41) is 11.1. The molecule has 1 aromatic carbocycles. The normalized spacial score (nSPS) is 16.8. The monoisotopic (exact) mass is 369 g/mol. The van der Waals surface area contributed by atoms with Gasteiger partial charge in [0.1, 0.15) is 17.1 Å². The highest BCUT2D eigenvalue weighted by Gasteiger charge is 2.25. The highest BCUT2D eigenvalue weighted by molar-refractivity contribution is 9.10. The van der Waals surface area contributed by atoms with Crippen molar-refractivity contribution in [2.45, 2.75) is 18.8 Å². The van der Waals surface area contributed by atoms with E-state index in [1.54, 1.807) is 7.11 Å². The van der Waals surface area contributed by atoms with E-state index in [0.29, 0.717) is 13.1 Å². The fourth-order valence-corrected chi connectivity index (χ4v) is 3.30. The van der Waals surface area contributed by atoms with Gasteiger partial charge in [0.15, 0.2) is 0 Å². The van der Waals surface area contributed by atoms with Gasteiger partial charge in [0.2, 0.25) is 0 Å². The highest BCUT2D eigenvalue weighted by Crippen LogP contribution is 2.37. The van der Waals surface area contributed by atoms with Crippen LogP contribution in [0.25, 0.3) is 11.0 Å². The van der Waals surface area contributed by atoms with Gasteiger partial charge in [-0.3, -0.25) is 0 Å². The van der Waals surface area contributed by atoms with E-state index >= 15 is 0 Å². The Kier molecular flexibility index (Phi) is 4.26. The number of rotatable bonds is 3. The second-order valence-corrected chi connectivity index (χ2v) is 6.09. The number of hydrogen-bond acceptors (Lipinski definition) is 5. The number of halogens is 1. The van der Waals surface area contributed by atoms with Crippen LogP contribution in [0.2, 0.25) is 0 Å². The first-order valence-corrected chi connectivity index (χ1v) is 7.79. The minimum Gasteiger partial charge on any atom is -0.497 e. The topological polar surface area (TPSA) is 72.1 Å². The Morgan fingerprint density at radius 2 is 2.09 bits per heavy atom. The highest BCUT2D eigenvalue weighted by atomic mass is 79.9. The lowest BCUT2D eigenvalue weighted by Crippen LogP contribution is -2.34. The maximum absolute atomic E-state index is 10.5. The summed E-state index contributed by atoms with van der Waals surface area (Å²) < 4.78 is 12.1. The Hall–Kier alpha value is -1.73. The number of ether oxygens (including phenoxy) is 1. The fourth-order valence-electron chi connectivity index (χ4n) is 2.77. The summed E-state index contributed by atoms with van der Waals surface area (Å²) in [4.78, 5) is 15.2. The molecule has 3 rings (SSSR count). The number of methoxy groups -OCH3 is 1. The van der Waals surface area contributed by atoms with Gasteiger partial charge in [-0.1, -0.05) is 0 Å². The zero-order valence-electron chi connectivity index (χ0n) is 12.0. The summed E-state index contributed by atoms with van der Waals surface area (Å²) in [5.74, 6) is 1.95. The summed E-state index contributed by atoms with van der Waals surface area (Å²) in [5.41, 5.74) is 0.806. The first kappa shape index (κ1) is 15.2. The molecule has 0 atom stereocenters. The SMILES string of the molecule is COc1cc(Br)c2oc(C3CCN(OC(=O)O)CC3)cc2c1. The zero-order chi connectivity index (χ0) is 15.7. The van der Waals surface area contributed by atoms with Crippen LogP contribution in [-0.4, -0.2) is 36.5 Å². The van der Waals surface area contributed by atoms with Crippen LogP contribution in [0.5, 0.6) is 5.75 Å². The standard InChI is InChI=1S/C15H16BrNO5/c1-20-11-6-10-7-13(21-14(10)12(16)8-11)9-2-4-17(5-3-9)22-15(18)19/h6-9H,2-5H2,1H3,(H,18,19). The third kappa shape index (κ3) is 3.05. The van der Waals surface area contributed by atoms with Crippen LogP contribution in [0, 0.1) is 0 Å². The van der Waals surface area contributed by atoms with E-state index in [-0.39, 0.29) is 5.92 Å². The van der Waals surface area contributed by atoms with E-state index in [9.17, 15) is 4.79 Å². The van der Waals surface area contributed by atoms with Crippen molar-refractivity contribution in [1.82, 2.24) is 5.06 Å². The van der Waals surface area contributed by atoms with Gasteiger partial charge in [0, 0.05) is 24.4 Å². The molecule has 1 aromatic heterocycles. The number of hydroxylamine groups is 2. The summed E-state index contributed by atoms with van der Waals surface area (Å²) in [6.07, 6.45) is 0.321. The molecule has 1 aliphatic heterocycles. The third-order valence-corrected chi connectivity index (χ3v) is 4.45.